The summed E-state index contributed by atoms with van der Waals surface area (Å²) in [6.07, 6.45) is 2.50. The molecule has 0 bridgehead atoms. The number of carbonyl (C=O) groups excluding carboxylic acids is 1. The minimum absolute atomic E-state index is 0.0953. The van der Waals surface area contributed by atoms with Crippen molar-refractivity contribution in [1.82, 2.24) is 0 Å². The smallest absolute Gasteiger partial charge is 0.231 e. The normalized spacial score (nSPS) is 13.2. The highest BCUT2D eigenvalue weighted by Gasteiger charge is 2.14. The van der Waals surface area contributed by atoms with Crippen LogP contribution in [0.2, 0.25) is 0 Å². The second-order valence-corrected chi connectivity index (χ2v) is 5.36. The van der Waals surface area contributed by atoms with Crippen molar-refractivity contribution in [3.8, 4) is 5.75 Å². The molecule has 0 fully saturated rings. The van der Waals surface area contributed by atoms with Crippen molar-refractivity contribution in [2.24, 2.45) is 0 Å². The predicted octanol–water partition coefficient (Wildman–Crippen LogP) is 3.22. The number of likely N-dealkylation sites (N-methyl/N-ethyl adjacent to an activating group) is 1. The Bertz CT molecular complexity index is 637. The summed E-state index contributed by atoms with van der Waals surface area (Å²) in [4.78, 5) is 14.1. The zero-order valence-electron chi connectivity index (χ0n) is 12.2. The molecule has 3 rings (SSSR count). The molecule has 1 heterocycles. The van der Waals surface area contributed by atoms with Crippen molar-refractivity contribution in [1.29, 1.82) is 0 Å². The minimum atomic E-state index is 0.0953. The molecule has 1 amide bonds. The van der Waals surface area contributed by atoms with Crippen LogP contribution in [-0.4, -0.2) is 19.6 Å². The van der Waals surface area contributed by atoms with E-state index < -0.39 is 0 Å². The summed E-state index contributed by atoms with van der Waals surface area (Å²) in [6, 6.07) is 15.8. The number of nitrogens with zero attached hydrogens (tertiary/aromatic N) is 1. The van der Waals surface area contributed by atoms with Crippen molar-refractivity contribution >= 4 is 11.6 Å². The van der Waals surface area contributed by atoms with E-state index in [2.05, 4.69) is 6.07 Å². The van der Waals surface area contributed by atoms with E-state index in [1.54, 1.807) is 4.90 Å². The number of rotatable bonds is 3. The Balaban J connectivity index is 1.73. The summed E-state index contributed by atoms with van der Waals surface area (Å²) in [5.41, 5.74) is 3.18. The number of carbonyl (C=O) groups is 1. The molecule has 1 aliphatic heterocycles. The van der Waals surface area contributed by atoms with E-state index in [4.69, 9.17) is 4.74 Å². The molecule has 2 aromatic carbocycles. The fraction of sp³-hybridized carbons (Fsp3) is 0.278. The van der Waals surface area contributed by atoms with Crippen LogP contribution in [0.1, 0.15) is 17.5 Å². The topological polar surface area (TPSA) is 29.5 Å². The van der Waals surface area contributed by atoms with Gasteiger partial charge in [0.2, 0.25) is 5.91 Å². The van der Waals surface area contributed by atoms with Crippen LogP contribution >= 0.6 is 0 Å². The molecule has 0 spiro atoms. The van der Waals surface area contributed by atoms with Gasteiger partial charge in [-0.15, -0.1) is 0 Å². The molecule has 2 aromatic rings. The van der Waals surface area contributed by atoms with Crippen molar-refractivity contribution in [2.45, 2.75) is 19.3 Å². The maximum Gasteiger partial charge on any atom is 0.231 e. The van der Waals surface area contributed by atoms with Crippen molar-refractivity contribution < 1.29 is 9.53 Å². The summed E-state index contributed by atoms with van der Waals surface area (Å²) in [7, 11) is 1.82. The molecule has 0 saturated heterocycles. The number of ether oxygens (including phenoxy) is 1. The molecule has 0 N–H and O–H groups in total. The van der Waals surface area contributed by atoms with Crippen LogP contribution in [0.5, 0.6) is 5.75 Å². The van der Waals surface area contributed by atoms with Gasteiger partial charge >= 0.3 is 0 Å². The molecular weight excluding hydrogens is 262 g/mol. The number of anilines is 1. The number of hydrogen-bond acceptors (Lipinski definition) is 2. The third kappa shape index (κ3) is 3.07. The Morgan fingerprint density at radius 2 is 2.00 bits per heavy atom. The predicted molar refractivity (Wildman–Crippen MR) is 83.8 cm³/mol. The zero-order chi connectivity index (χ0) is 14.7. The van der Waals surface area contributed by atoms with Crippen LogP contribution in [0, 0.1) is 0 Å². The molecule has 0 atom stereocenters. The maximum absolute atomic E-state index is 12.4. The van der Waals surface area contributed by atoms with Crippen LogP contribution in [0.25, 0.3) is 0 Å². The number of benzene rings is 2. The molecule has 1 aliphatic rings. The summed E-state index contributed by atoms with van der Waals surface area (Å²) in [5, 5.41) is 0. The van der Waals surface area contributed by atoms with Gasteiger partial charge in [-0.2, -0.15) is 0 Å². The first kappa shape index (κ1) is 13.7. The molecule has 21 heavy (non-hydrogen) atoms. The van der Waals surface area contributed by atoms with E-state index >= 15 is 0 Å². The highest BCUT2D eigenvalue weighted by Crippen LogP contribution is 2.26. The van der Waals surface area contributed by atoms with E-state index in [-0.39, 0.29) is 5.91 Å². The van der Waals surface area contributed by atoms with Crippen molar-refractivity contribution in [2.75, 3.05) is 18.6 Å². The Labute approximate surface area is 125 Å². The molecule has 0 unspecified atom stereocenters. The number of amides is 1. The Morgan fingerprint density at radius 3 is 2.81 bits per heavy atom. The number of para-hydroxylation sites is 1. The van der Waals surface area contributed by atoms with Crippen LogP contribution in [-0.2, 0) is 17.6 Å². The summed E-state index contributed by atoms with van der Waals surface area (Å²) in [5.74, 6) is 1.06. The number of fused-ring (bicyclic) bond motifs is 1. The van der Waals surface area contributed by atoms with Crippen LogP contribution < -0.4 is 9.64 Å². The van der Waals surface area contributed by atoms with E-state index in [0.29, 0.717) is 6.42 Å². The van der Waals surface area contributed by atoms with Crippen LogP contribution in [0.4, 0.5) is 5.69 Å². The lowest BCUT2D eigenvalue weighted by Gasteiger charge is -2.20. The molecular formula is C18H19NO2. The van der Waals surface area contributed by atoms with Crippen LogP contribution in [0.3, 0.4) is 0 Å². The third-order valence-electron chi connectivity index (χ3n) is 3.85. The van der Waals surface area contributed by atoms with Gasteiger partial charge < -0.3 is 9.64 Å². The third-order valence-corrected chi connectivity index (χ3v) is 3.85. The molecule has 3 heteroatoms. The Morgan fingerprint density at radius 1 is 1.19 bits per heavy atom. The fourth-order valence-corrected chi connectivity index (χ4v) is 2.61. The minimum Gasteiger partial charge on any atom is -0.493 e. The molecule has 0 aromatic heterocycles. The summed E-state index contributed by atoms with van der Waals surface area (Å²) < 4.78 is 5.60. The lowest BCUT2D eigenvalue weighted by atomic mass is 10.0. The van der Waals surface area contributed by atoms with Gasteiger partial charge in [-0.05, 0) is 42.2 Å². The molecule has 0 aliphatic carbocycles. The average Bonchev–Trinajstić information content (AvgIpc) is 2.55. The molecule has 3 nitrogen and oxygen atoms in total. The zero-order valence-corrected chi connectivity index (χ0v) is 12.2. The van der Waals surface area contributed by atoms with Gasteiger partial charge in [0.1, 0.15) is 5.75 Å². The molecule has 108 valence electrons. The summed E-state index contributed by atoms with van der Waals surface area (Å²) >= 11 is 0. The molecule has 0 radical (unpaired) electrons. The lowest BCUT2D eigenvalue weighted by molar-refractivity contribution is -0.117. The van der Waals surface area contributed by atoms with Gasteiger partial charge in [-0.25, -0.2) is 0 Å². The second kappa shape index (κ2) is 6.00. The summed E-state index contributed by atoms with van der Waals surface area (Å²) in [6.45, 7) is 0.794. The first-order valence-corrected chi connectivity index (χ1v) is 7.30. The van der Waals surface area contributed by atoms with Crippen molar-refractivity contribution in [3.63, 3.8) is 0 Å². The van der Waals surface area contributed by atoms with Gasteiger partial charge in [0.25, 0.3) is 0 Å². The monoisotopic (exact) mass is 281 g/mol. The van der Waals surface area contributed by atoms with Gasteiger partial charge in [-0.1, -0.05) is 30.3 Å². The van der Waals surface area contributed by atoms with Crippen molar-refractivity contribution in [3.05, 3.63) is 59.7 Å². The lowest BCUT2D eigenvalue weighted by Crippen LogP contribution is -2.27. The number of hydrogen-bond donors (Lipinski definition) is 0. The van der Waals surface area contributed by atoms with E-state index in [9.17, 15) is 4.79 Å². The highest BCUT2D eigenvalue weighted by atomic mass is 16.5. The second-order valence-electron chi connectivity index (χ2n) is 5.36. The van der Waals surface area contributed by atoms with Crippen LogP contribution in [0.15, 0.2) is 48.5 Å². The SMILES string of the molecule is CN(C(=O)Cc1ccc2c(c1)CCCO2)c1ccccc1. The Kier molecular flexibility index (Phi) is 3.91. The Hall–Kier alpha value is -2.29. The molecule has 0 saturated carbocycles. The largest absolute Gasteiger partial charge is 0.493 e. The average molecular weight is 281 g/mol. The standard InChI is InChI=1S/C18H19NO2/c1-19(16-7-3-2-4-8-16)18(20)13-14-9-10-17-15(12-14)6-5-11-21-17/h2-4,7-10,12H,5-6,11,13H2,1H3. The number of aryl methyl sites for hydroxylation is 1. The quantitative estimate of drug-likeness (QED) is 0.864. The maximum atomic E-state index is 12.4. The van der Waals surface area contributed by atoms with Gasteiger partial charge in [0.05, 0.1) is 13.0 Å². The van der Waals surface area contributed by atoms with E-state index in [1.165, 1.54) is 5.56 Å². The van der Waals surface area contributed by atoms with Gasteiger partial charge in [-0.3, -0.25) is 4.79 Å². The van der Waals surface area contributed by atoms with Gasteiger partial charge in [0.15, 0.2) is 0 Å². The van der Waals surface area contributed by atoms with E-state index in [1.807, 2.05) is 49.5 Å². The first-order valence-electron chi connectivity index (χ1n) is 7.30. The van der Waals surface area contributed by atoms with E-state index in [0.717, 1.165) is 36.4 Å². The first-order chi connectivity index (χ1) is 10.2. The highest BCUT2D eigenvalue weighted by molar-refractivity contribution is 5.94. The van der Waals surface area contributed by atoms with Gasteiger partial charge in [0, 0.05) is 12.7 Å². The fourth-order valence-electron chi connectivity index (χ4n) is 2.61.